The molecule has 0 aromatic heterocycles. The second-order valence-corrected chi connectivity index (χ2v) is 28.8. The fraction of sp³-hybridized carbons (Fsp3) is 0.904. The van der Waals surface area contributed by atoms with Gasteiger partial charge < -0.3 is 89.1 Å². The van der Waals surface area contributed by atoms with Crippen molar-refractivity contribution in [2.45, 2.75) is 395 Å². The van der Waals surface area contributed by atoms with Gasteiger partial charge in [0.05, 0.1) is 13.2 Å². The fourth-order valence-electron chi connectivity index (χ4n) is 12.5. The molecule has 18 unspecified atom stereocenters. The lowest BCUT2D eigenvalue weighted by Crippen LogP contribution is -2.69. The number of allylic oxidation sites excluding steroid dienone is 4. The van der Waals surface area contributed by atoms with E-state index in [2.05, 4.69) is 45.1 Å². The van der Waals surface area contributed by atoms with Gasteiger partial charge in [0, 0.05) is 19.3 Å². The lowest BCUT2D eigenvalue weighted by molar-refractivity contribution is -0.360. The van der Waals surface area contributed by atoms with Crippen LogP contribution < -0.4 is 0 Å². The van der Waals surface area contributed by atoms with Gasteiger partial charge in [-0.1, -0.05) is 225 Å². The summed E-state index contributed by atoms with van der Waals surface area (Å²) in [5, 5.41) is 110. The van der Waals surface area contributed by atoms with Crippen molar-refractivity contribution in [2.75, 3.05) is 26.4 Å². The molecule has 0 aromatic rings. The van der Waals surface area contributed by atoms with E-state index in [-0.39, 0.29) is 19.3 Å². The van der Waals surface area contributed by atoms with E-state index in [0.717, 1.165) is 109 Å². The highest BCUT2D eigenvalue weighted by Crippen LogP contribution is 2.49. The van der Waals surface area contributed by atoms with Crippen LogP contribution >= 0.6 is 7.82 Å². The predicted molar refractivity (Wildman–Crippen MR) is 370 cm³/mol. The summed E-state index contributed by atoms with van der Waals surface area (Å²) in [7, 11) is -5.70. The second kappa shape index (κ2) is 55.0. The number of carbonyl (C=O) groups is 3. The van der Waals surface area contributed by atoms with E-state index < -0.39 is 156 Å². The zero-order valence-corrected chi connectivity index (χ0v) is 60.7. The van der Waals surface area contributed by atoms with Gasteiger partial charge in [-0.25, -0.2) is 4.57 Å². The number of rotatable bonds is 59. The van der Waals surface area contributed by atoms with Crippen molar-refractivity contribution in [1.82, 2.24) is 0 Å². The number of esters is 3. The molecule has 3 aliphatic rings. The predicted octanol–water partition coefficient (Wildman–Crippen LogP) is 10.5. The number of aliphatic hydroxyl groups excluding tert-OH is 10. The van der Waals surface area contributed by atoms with Crippen LogP contribution in [0.2, 0.25) is 0 Å². The van der Waals surface area contributed by atoms with E-state index >= 15 is 0 Å². The molecule has 1 aliphatic carbocycles. The van der Waals surface area contributed by atoms with Crippen LogP contribution in [-0.4, -0.2) is 204 Å². The van der Waals surface area contributed by atoms with Crippen LogP contribution in [0.25, 0.3) is 0 Å². The van der Waals surface area contributed by atoms with E-state index in [0.29, 0.717) is 19.3 Å². The van der Waals surface area contributed by atoms with Crippen molar-refractivity contribution in [3.05, 3.63) is 24.3 Å². The number of phosphoric acid groups is 1. The van der Waals surface area contributed by atoms with Gasteiger partial charge in [0.25, 0.3) is 0 Å². The first kappa shape index (κ1) is 89.7. The smallest absolute Gasteiger partial charge is 0.463 e. The van der Waals surface area contributed by atoms with Crippen LogP contribution in [0, 0.1) is 0 Å². The molecule has 3 fully saturated rings. The topological polar surface area (TPSA) is 374 Å². The minimum Gasteiger partial charge on any atom is -0.463 e. The number of carbonyl (C=O) groups excluding carboxylic acids is 3. The Bertz CT molecular complexity index is 2120. The van der Waals surface area contributed by atoms with Crippen molar-refractivity contribution in [3.63, 3.8) is 0 Å². The SMILES string of the molecule is CCCCCC/C=C\CCCCCCCCCC(=O)OC(COC(=O)CCCCCCCCCCCCCCCCC)COP(=O)(O)OC1C(OC2OC(CO)C(O)C(O)C2O)C(O)C(O)C(O)C1OC1OC(COC(=O)CCCCC/C=C\CCCCCCCC)C(O)C(O)C1O. The van der Waals surface area contributed by atoms with Gasteiger partial charge >= 0.3 is 25.7 Å². The standard InChI is InChI=1S/C73H133O24P/c1-4-7-10-13-16-19-22-25-27-30-33-35-38-41-44-47-57(75)89-51-54(92-59(77)49-46-43-40-37-34-31-28-26-23-20-17-14-11-8-5-2)52-91-98(87,88)97-71-69(95-72-67(85)62(80)60(78)55(50-74)93-72)65(83)64(82)66(84)70(71)96-73-68(86)63(81)61(79)56(94-73)53-90-58(76)48-45-42-39-36-32-29-24-21-18-15-12-9-6-3/h20,23,29,32,54-56,60-74,78-86H,4-19,21-22,24-28,30-31,33-53H2,1-3H3,(H,87,88)/b23-20-,32-29-. The second-order valence-electron chi connectivity index (χ2n) is 27.4. The van der Waals surface area contributed by atoms with Gasteiger partial charge in [0.15, 0.2) is 18.7 Å². The van der Waals surface area contributed by atoms with Crippen molar-refractivity contribution in [1.29, 1.82) is 0 Å². The summed E-state index contributed by atoms with van der Waals surface area (Å²) < 4.78 is 65.0. The summed E-state index contributed by atoms with van der Waals surface area (Å²) in [5.74, 6) is -2.00. The monoisotopic (exact) mass is 1420 g/mol. The van der Waals surface area contributed by atoms with Gasteiger partial charge in [-0.15, -0.1) is 0 Å². The van der Waals surface area contributed by atoms with Crippen molar-refractivity contribution in [2.24, 2.45) is 0 Å². The Morgan fingerprint density at radius 3 is 1.12 bits per heavy atom. The average Bonchev–Trinajstić information content (AvgIpc) is 0.762. The Morgan fingerprint density at radius 1 is 0.388 bits per heavy atom. The minimum atomic E-state index is -5.70. The van der Waals surface area contributed by atoms with E-state index in [1.165, 1.54) is 122 Å². The molecule has 2 saturated heterocycles. The van der Waals surface area contributed by atoms with Crippen LogP contribution in [0.1, 0.15) is 290 Å². The molecule has 3 rings (SSSR count). The lowest BCUT2D eigenvalue weighted by Gasteiger charge is -2.49. The molecule has 0 spiro atoms. The van der Waals surface area contributed by atoms with Gasteiger partial charge in [-0.2, -0.15) is 0 Å². The number of aliphatic hydroxyl groups is 10. The molecule has 98 heavy (non-hydrogen) atoms. The van der Waals surface area contributed by atoms with Gasteiger partial charge in [-0.3, -0.25) is 23.4 Å². The zero-order chi connectivity index (χ0) is 71.8. The highest BCUT2D eigenvalue weighted by Gasteiger charge is 2.58. The molecule has 24 nitrogen and oxygen atoms in total. The number of hydrogen-bond acceptors (Lipinski definition) is 23. The fourth-order valence-corrected chi connectivity index (χ4v) is 13.4. The molecule has 0 aromatic carbocycles. The molecule has 11 N–H and O–H groups in total. The molecule has 25 heteroatoms. The Morgan fingerprint density at radius 2 is 0.714 bits per heavy atom. The maximum atomic E-state index is 14.3. The summed E-state index contributed by atoms with van der Waals surface area (Å²) in [6.45, 7) is 3.42. The van der Waals surface area contributed by atoms with Crippen molar-refractivity contribution in [3.8, 4) is 0 Å². The first-order valence-electron chi connectivity index (χ1n) is 38.1. The van der Waals surface area contributed by atoms with Gasteiger partial charge in [0.2, 0.25) is 0 Å². The van der Waals surface area contributed by atoms with Gasteiger partial charge in [0.1, 0.15) is 98.7 Å². The average molecular weight is 1430 g/mol. The molecule has 0 amide bonds. The first-order chi connectivity index (χ1) is 47.3. The van der Waals surface area contributed by atoms with Crippen molar-refractivity contribution >= 4 is 25.7 Å². The third kappa shape index (κ3) is 37.7. The maximum Gasteiger partial charge on any atom is 0.472 e. The summed E-state index contributed by atoms with van der Waals surface area (Å²) >= 11 is 0. The maximum absolute atomic E-state index is 14.3. The zero-order valence-electron chi connectivity index (χ0n) is 59.8. The quantitative estimate of drug-likeness (QED) is 0.00886. The highest BCUT2D eigenvalue weighted by molar-refractivity contribution is 7.47. The van der Waals surface area contributed by atoms with Crippen LogP contribution in [0.5, 0.6) is 0 Å². The van der Waals surface area contributed by atoms with Crippen LogP contribution in [0.15, 0.2) is 24.3 Å². The largest absolute Gasteiger partial charge is 0.472 e. The Balaban J connectivity index is 1.74. The Kier molecular flexibility index (Phi) is 50.3. The minimum absolute atomic E-state index is 0.00810. The van der Waals surface area contributed by atoms with E-state index in [9.17, 15) is 74.9 Å². The molecular weight excluding hydrogens is 1290 g/mol. The molecule has 0 bridgehead atoms. The molecule has 18 atom stereocenters. The molecule has 2 heterocycles. The molecule has 574 valence electrons. The van der Waals surface area contributed by atoms with Gasteiger partial charge in [-0.05, 0) is 70.6 Å². The lowest BCUT2D eigenvalue weighted by atomic mass is 9.84. The summed E-state index contributed by atoms with van der Waals surface area (Å²) in [4.78, 5) is 51.0. The molecule has 0 radical (unpaired) electrons. The van der Waals surface area contributed by atoms with Crippen LogP contribution in [0.4, 0.5) is 0 Å². The number of ether oxygens (including phenoxy) is 7. The highest BCUT2D eigenvalue weighted by atomic mass is 31.2. The van der Waals surface area contributed by atoms with E-state index in [1.54, 1.807) is 0 Å². The third-order valence-corrected chi connectivity index (χ3v) is 19.7. The van der Waals surface area contributed by atoms with E-state index in [4.69, 9.17) is 42.2 Å². The van der Waals surface area contributed by atoms with Crippen LogP contribution in [-0.2, 0) is 61.2 Å². The Labute approximate surface area is 585 Å². The van der Waals surface area contributed by atoms with Crippen LogP contribution in [0.3, 0.4) is 0 Å². The molecular formula is C73H133O24P. The summed E-state index contributed by atoms with van der Waals surface area (Å²) in [6.07, 6.45) is 15.3. The normalized spacial score (nSPS) is 27.7. The number of phosphoric ester groups is 1. The van der Waals surface area contributed by atoms with Crippen molar-refractivity contribution < 1.29 is 117 Å². The molecule has 1 saturated carbocycles. The Hall–Kier alpha value is -2.56. The third-order valence-electron chi connectivity index (χ3n) is 18.7. The first-order valence-corrected chi connectivity index (χ1v) is 39.6. The number of unbranched alkanes of at least 4 members (excludes halogenated alkanes) is 34. The molecule has 2 aliphatic heterocycles. The number of hydrogen-bond donors (Lipinski definition) is 11. The summed E-state index contributed by atoms with van der Waals surface area (Å²) in [6, 6.07) is 0. The van der Waals surface area contributed by atoms with E-state index in [1.807, 2.05) is 0 Å². The summed E-state index contributed by atoms with van der Waals surface area (Å²) in [5.41, 5.74) is 0.